The zero-order valence-corrected chi connectivity index (χ0v) is 11.8. The van der Waals surface area contributed by atoms with Crippen LogP contribution < -0.4 is 5.32 Å². The third kappa shape index (κ3) is 3.81. The van der Waals surface area contributed by atoms with Gasteiger partial charge in [-0.05, 0) is 39.9 Å². The number of carbonyl (C=O) groups excluding carboxylic acids is 1. The summed E-state index contributed by atoms with van der Waals surface area (Å²) in [5.74, 6) is 0. The fourth-order valence-electron chi connectivity index (χ4n) is 1.31. The predicted molar refractivity (Wildman–Crippen MR) is 69.0 cm³/mol. The molecule has 1 amide bonds. The van der Waals surface area contributed by atoms with E-state index in [1.54, 1.807) is 20.8 Å². The fraction of sp³-hybridized carbons (Fsp3) is 0.818. The molecule has 0 atom stereocenters. The number of thiocarbonyl (C=S) groups is 1. The summed E-state index contributed by atoms with van der Waals surface area (Å²) < 4.78 is 10.3. The van der Waals surface area contributed by atoms with E-state index in [0.717, 1.165) is 0 Å². The minimum atomic E-state index is -0.529. The summed E-state index contributed by atoms with van der Waals surface area (Å²) in [5.41, 5.74) is -0.659. The number of rotatable bonds is 1. The Bertz CT molecular complexity index is 321. The number of likely N-dealkylation sites (N-methyl/N-ethyl adjacent to an activating group) is 1. The summed E-state index contributed by atoms with van der Waals surface area (Å²) >= 11 is 5.15. The van der Waals surface area contributed by atoms with Gasteiger partial charge < -0.3 is 14.4 Å². The summed E-state index contributed by atoms with van der Waals surface area (Å²) in [6.07, 6.45) is -0.529. The van der Waals surface area contributed by atoms with Crippen molar-refractivity contribution < 1.29 is 14.3 Å². The van der Waals surface area contributed by atoms with Gasteiger partial charge in [-0.3, -0.25) is 5.32 Å². The lowest BCUT2D eigenvalue weighted by Crippen LogP contribution is -2.62. The lowest BCUT2D eigenvalue weighted by molar-refractivity contribution is -0.0992. The third-order valence-electron chi connectivity index (χ3n) is 2.55. The van der Waals surface area contributed by atoms with Gasteiger partial charge in [0.15, 0.2) is 5.11 Å². The van der Waals surface area contributed by atoms with E-state index >= 15 is 0 Å². The first-order chi connectivity index (χ1) is 7.64. The molecule has 0 unspecified atom stereocenters. The fourth-order valence-corrected chi connectivity index (χ4v) is 1.61. The minimum Gasteiger partial charge on any atom is -0.444 e. The molecule has 17 heavy (non-hydrogen) atoms. The molecule has 5 nitrogen and oxygen atoms in total. The Morgan fingerprint density at radius 2 is 2.00 bits per heavy atom. The van der Waals surface area contributed by atoms with Gasteiger partial charge in [0.1, 0.15) is 5.60 Å². The molecule has 1 heterocycles. The summed E-state index contributed by atoms with van der Waals surface area (Å²) in [5, 5.41) is 2.90. The predicted octanol–water partition coefficient (Wildman–Crippen LogP) is 1.52. The van der Waals surface area contributed by atoms with Gasteiger partial charge in [-0.25, -0.2) is 4.79 Å². The van der Waals surface area contributed by atoms with Gasteiger partial charge in [-0.15, -0.1) is 0 Å². The molecule has 0 aromatic carbocycles. The Morgan fingerprint density at radius 1 is 1.47 bits per heavy atom. The van der Waals surface area contributed by atoms with Gasteiger partial charge in [0.05, 0.1) is 18.8 Å². The average molecular weight is 260 g/mol. The van der Waals surface area contributed by atoms with E-state index in [2.05, 4.69) is 5.32 Å². The van der Waals surface area contributed by atoms with E-state index in [9.17, 15) is 4.79 Å². The maximum Gasteiger partial charge on any atom is 0.413 e. The number of carbonyl (C=O) groups is 1. The monoisotopic (exact) mass is 260 g/mol. The molecular formula is C11H20N2O3S. The molecule has 6 heteroatoms. The Balaban J connectivity index is 2.46. The number of amides is 1. The van der Waals surface area contributed by atoms with Crippen LogP contribution in [0.3, 0.4) is 0 Å². The second-order valence-corrected chi connectivity index (χ2v) is 5.87. The molecule has 0 aliphatic carbocycles. The maximum absolute atomic E-state index is 11.5. The number of nitrogens with zero attached hydrogens (tertiary/aromatic N) is 1. The van der Waals surface area contributed by atoms with Gasteiger partial charge in [-0.1, -0.05) is 0 Å². The van der Waals surface area contributed by atoms with Crippen LogP contribution in [-0.4, -0.2) is 47.5 Å². The third-order valence-corrected chi connectivity index (χ3v) is 2.92. The van der Waals surface area contributed by atoms with Crippen molar-refractivity contribution in [1.29, 1.82) is 0 Å². The smallest absolute Gasteiger partial charge is 0.413 e. The normalized spacial score (nSPS) is 17.9. The van der Waals surface area contributed by atoms with Crippen molar-refractivity contribution in [2.24, 2.45) is 0 Å². The Kier molecular flexibility index (Phi) is 3.99. The van der Waals surface area contributed by atoms with Gasteiger partial charge in [0, 0.05) is 7.05 Å². The maximum atomic E-state index is 11.5. The van der Waals surface area contributed by atoms with E-state index < -0.39 is 11.7 Å². The Labute approximate surface area is 107 Å². The zero-order valence-electron chi connectivity index (χ0n) is 11.0. The quantitative estimate of drug-likeness (QED) is 0.724. The second kappa shape index (κ2) is 4.78. The molecule has 1 aliphatic rings. The van der Waals surface area contributed by atoms with Crippen molar-refractivity contribution in [3.8, 4) is 0 Å². The number of ether oxygens (including phenoxy) is 2. The van der Waals surface area contributed by atoms with Crippen LogP contribution in [0.5, 0.6) is 0 Å². The van der Waals surface area contributed by atoms with E-state index in [4.69, 9.17) is 21.7 Å². The van der Waals surface area contributed by atoms with Crippen molar-refractivity contribution in [1.82, 2.24) is 10.2 Å². The topological polar surface area (TPSA) is 50.8 Å². The molecule has 1 aliphatic heterocycles. The molecule has 1 fully saturated rings. The highest BCUT2D eigenvalue weighted by Crippen LogP contribution is 2.22. The number of hydrogen-bond acceptors (Lipinski definition) is 4. The summed E-state index contributed by atoms with van der Waals surface area (Å²) in [4.78, 5) is 13.4. The minimum absolute atomic E-state index is 0.133. The van der Waals surface area contributed by atoms with E-state index in [-0.39, 0.29) is 5.54 Å². The number of hydrogen-bond donors (Lipinski definition) is 1. The largest absolute Gasteiger partial charge is 0.444 e. The molecule has 1 rings (SSSR count). The van der Waals surface area contributed by atoms with E-state index in [1.165, 1.54) is 0 Å². The Morgan fingerprint density at radius 3 is 2.35 bits per heavy atom. The van der Waals surface area contributed by atoms with Crippen LogP contribution in [-0.2, 0) is 9.47 Å². The van der Waals surface area contributed by atoms with Crippen LogP contribution in [0.25, 0.3) is 0 Å². The number of nitrogens with one attached hydrogen (secondary N) is 1. The molecule has 98 valence electrons. The summed E-state index contributed by atoms with van der Waals surface area (Å²) in [6.45, 7) is 8.67. The first kappa shape index (κ1) is 14.2. The summed E-state index contributed by atoms with van der Waals surface area (Å²) in [6, 6.07) is 0. The van der Waals surface area contributed by atoms with Gasteiger partial charge in [0.2, 0.25) is 0 Å². The van der Waals surface area contributed by atoms with Gasteiger partial charge in [-0.2, -0.15) is 0 Å². The zero-order chi connectivity index (χ0) is 13.3. The average Bonchev–Trinajstić information content (AvgIpc) is 2.09. The molecule has 0 aromatic rings. The molecule has 0 spiro atoms. The molecule has 1 saturated heterocycles. The SMILES string of the molecule is CN(C(=S)NC(=O)OC(C)(C)C)C1(C)COC1. The van der Waals surface area contributed by atoms with Crippen molar-refractivity contribution >= 4 is 23.4 Å². The van der Waals surface area contributed by atoms with E-state index in [0.29, 0.717) is 18.3 Å². The second-order valence-electron chi connectivity index (χ2n) is 5.48. The van der Waals surface area contributed by atoms with Crippen LogP contribution in [0.4, 0.5) is 4.79 Å². The van der Waals surface area contributed by atoms with Crippen LogP contribution >= 0.6 is 12.2 Å². The van der Waals surface area contributed by atoms with Crippen molar-refractivity contribution in [3.05, 3.63) is 0 Å². The first-order valence-corrected chi connectivity index (χ1v) is 5.90. The molecule has 1 N–H and O–H groups in total. The highest BCUT2D eigenvalue weighted by molar-refractivity contribution is 7.80. The van der Waals surface area contributed by atoms with Crippen LogP contribution in [0.2, 0.25) is 0 Å². The van der Waals surface area contributed by atoms with E-state index in [1.807, 2.05) is 18.9 Å². The highest BCUT2D eigenvalue weighted by atomic mass is 32.1. The van der Waals surface area contributed by atoms with Gasteiger partial charge in [0.25, 0.3) is 0 Å². The molecular weight excluding hydrogens is 240 g/mol. The molecule has 0 bridgehead atoms. The molecule has 0 radical (unpaired) electrons. The van der Waals surface area contributed by atoms with Crippen LogP contribution in [0, 0.1) is 0 Å². The molecule has 0 saturated carbocycles. The highest BCUT2D eigenvalue weighted by Gasteiger charge is 2.39. The van der Waals surface area contributed by atoms with Crippen LogP contribution in [0.15, 0.2) is 0 Å². The van der Waals surface area contributed by atoms with Crippen molar-refractivity contribution in [2.75, 3.05) is 20.3 Å². The Hall–Kier alpha value is -0.880. The first-order valence-electron chi connectivity index (χ1n) is 5.50. The van der Waals surface area contributed by atoms with Gasteiger partial charge >= 0.3 is 6.09 Å². The molecule has 0 aromatic heterocycles. The summed E-state index contributed by atoms with van der Waals surface area (Å²) in [7, 11) is 1.84. The lowest BCUT2D eigenvalue weighted by atomic mass is 9.99. The lowest BCUT2D eigenvalue weighted by Gasteiger charge is -2.46. The number of alkyl carbamates (subject to hydrolysis) is 1. The van der Waals surface area contributed by atoms with Crippen molar-refractivity contribution in [2.45, 2.75) is 38.8 Å². The van der Waals surface area contributed by atoms with Crippen LogP contribution in [0.1, 0.15) is 27.7 Å². The van der Waals surface area contributed by atoms with Crippen molar-refractivity contribution in [3.63, 3.8) is 0 Å². The standard InChI is InChI=1S/C11H20N2O3S/c1-10(2,3)16-9(14)12-8(17)13(5)11(4)6-15-7-11/h6-7H2,1-5H3,(H,12,14,17).